The van der Waals surface area contributed by atoms with E-state index in [0.29, 0.717) is 5.95 Å². The summed E-state index contributed by atoms with van der Waals surface area (Å²) in [4.78, 5) is 16.5. The normalized spacial score (nSPS) is 11.9. The number of nitrogens with zero attached hydrogens (tertiary/aromatic N) is 4. The van der Waals surface area contributed by atoms with Crippen LogP contribution in [0.4, 0.5) is 11.9 Å². The van der Waals surface area contributed by atoms with Crippen LogP contribution >= 0.6 is 11.3 Å². The van der Waals surface area contributed by atoms with Crippen molar-refractivity contribution >= 4 is 23.2 Å². The Kier molecular flexibility index (Phi) is 4.42. The molecule has 2 rings (SSSR count). The number of aromatic nitrogens is 4. The predicted octanol–water partition coefficient (Wildman–Crippen LogP) is 1.19. The Morgan fingerprint density at radius 3 is 2.74 bits per heavy atom. The monoisotopic (exact) mass is 281 g/mol. The van der Waals surface area contributed by atoms with Gasteiger partial charge in [0.1, 0.15) is 5.01 Å². The van der Waals surface area contributed by atoms with Gasteiger partial charge in [-0.2, -0.15) is 15.0 Å². The summed E-state index contributed by atoms with van der Waals surface area (Å²) in [7, 11) is 1.48. The minimum Gasteiger partial charge on any atom is -0.467 e. The summed E-state index contributed by atoms with van der Waals surface area (Å²) in [6.45, 7) is 2.06. The van der Waals surface area contributed by atoms with Crippen LogP contribution in [-0.2, 0) is 0 Å². The summed E-state index contributed by atoms with van der Waals surface area (Å²) in [5.74, 6) is 5.93. The van der Waals surface area contributed by atoms with Gasteiger partial charge in [0, 0.05) is 11.6 Å². The first-order valence-corrected chi connectivity index (χ1v) is 6.57. The molecule has 0 radical (unpaired) electrons. The number of hydrazine groups is 1. The molecule has 0 aromatic carbocycles. The molecule has 102 valence electrons. The quantitative estimate of drug-likeness (QED) is 0.535. The van der Waals surface area contributed by atoms with Crippen LogP contribution in [0.25, 0.3) is 0 Å². The van der Waals surface area contributed by atoms with E-state index in [1.54, 1.807) is 17.5 Å². The first-order chi connectivity index (χ1) is 9.26. The van der Waals surface area contributed by atoms with Crippen LogP contribution in [-0.4, -0.2) is 27.0 Å². The number of rotatable bonds is 6. The lowest BCUT2D eigenvalue weighted by atomic mass is 10.2. The summed E-state index contributed by atoms with van der Waals surface area (Å²) in [6, 6.07) is 0.233. The fourth-order valence-electron chi connectivity index (χ4n) is 1.48. The average molecular weight is 281 g/mol. The number of nitrogen functional groups attached to an aromatic ring is 1. The summed E-state index contributed by atoms with van der Waals surface area (Å²) in [6.07, 6.45) is 2.62. The van der Waals surface area contributed by atoms with Crippen molar-refractivity contribution in [1.82, 2.24) is 19.9 Å². The van der Waals surface area contributed by atoms with E-state index in [0.717, 1.165) is 11.4 Å². The second-order valence-corrected chi connectivity index (χ2v) is 4.52. The average Bonchev–Trinajstić information content (AvgIpc) is 2.98. The molecule has 1 unspecified atom stereocenters. The van der Waals surface area contributed by atoms with E-state index < -0.39 is 0 Å². The van der Waals surface area contributed by atoms with E-state index in [4.69, 9.17) is 10.6 Å². The maximum atomic E-state index is 5.30. The van der Waals surface area contributed by atoms with Crippen molar-refractivity contribution in [2.45, 2.75) is 19.4 Å². The maximum Gasteiger partial charge on any atom is 0.322 e. The fraction of sp³-hybridized carbons (Fsp3) is 0.400. The summed E-state index contributed by atoms with van der Waals surface area (Å²) < 4.78 is 4.99. The zero-order valence-electron chi connectivity index (χ0n) is 10.6. The van der Waals surface area contributed by atoms with Crippen LogP contribution in [0.1, 0.15) is 24.4 Å². The number of thiazole rings is 1. The molecule has 1 atom stereocenters. The van der Waals surface area contributed by atoms with E-state index in [9.17, 15) is 0 Å². The molecule has 0 aliphatic heterocycles. The molecule has 19 heavy (non-hydrogen) atoms. The number of hydrogen-bond acceptors (Lipinski definition) is 9. The second-order valence-electron chi connectivity index (χ2n) is 3.59. The molecule has 2 heterocycles. The van der Waals surface area contributed by atoms with E-state index >= 15 is 0 Å². The smallest absolute Gasteiger partial charge is 0.322 e. The topological polar surface area (TPSA) is 111 Å². The van der Waals surface area contributed by atoms with Gasteiger partial charge in [-0.15, -0.1) is 11.3 Å². The van der Waals surface area contributed by atoms with Crippen molar-refractivity contribution in [3.8, 4) is 6.01 Å². The standard InChI is InChI=1S/C10H15N7OS/c1-3-6(7-12-4-5-19-7)13-8-14-9(17-11)16-10(15-8)18-2/h4-6H,3,11H2,1-2H3,(H2,13,14,15,16,17). The van der Waals surface area contributed by atoms with Gasteiger partial charge >= 0.3 is 6.01 Å². The Morgan fingerprint density at radius 2 is 2.16 bits per heavy atom. The third kappa shape index (κ3) is 3.26. The summed E-state index contributed by atoms with van der Waals surface area (Å²) >= 11 is 1.58. The predicted molar refractivity (Wildman–Crippen MR) is 73.0 cm³/mol. The van der Waals surface area contributed by atoms with E-state index in [1.807, 2.05) is 5.38 Å². The molecular weight excluding hydrogens is 266 g/mol. The molecule has 0 amide bonds. The van der Waals surface area contributed by atoms with Gasteiger partial charge in [-0.25, -0.2) is 10.8 Å². The van der Waals surface area contributed by atoms with Gasteiger partial charge in [-0.3, -0.25) is 5.43 Å². The zero-order chi connectivity index (χ0) is 13.7. The molecule has 9 heteroatoms. The van der Waals surface area contributed by atoms with Gasteiger partial charge in [-0.1, -0.05) is 6.92 Å². The molecule has 0 saturated heterocycles. The number of methoxy groups -OCH3 is 1. The molecule has 0 saturated carbocycles. The van der Waals surface area contributed by atoms with Gasteiger partial charge < -0.3 is 10.1 Å². The number of nitrogens with one attached hydrogen (secondary N) is 2. The minimum absolute atomic E-state index is 0.0396. The first-order valence-electron chi connectivity index (χ1n) is 5.69. The summed E-state index contributed by atoms with van der Waals surface area (Å²) in [5, 5.41) is 6.10. The first kappa shape index (κ1) is 13.4. The molecule has 0 fully saturated rings. The van der Waals surface area contributed by atoms with E-state index in [-0.39, 0.29) is 18.0 Å². The third-order valence-electron chi connectivity index (χ3n) is 2.39. The Hall–Kier alpha value is -2.00. The fourth-order valence-corrected chi connectivity index (χ4v) is 2.25. The van der Waals surface area contributed by atoms with Crippen molar-refractivity contribution in [2.24, 2.45) is 5.84 Å². The maximum absolute atomic E-state index is 5.30. The van der Waals surface area contributed by atoms with Crippen molar-refractivity contribution in [3.63, 3.8) is 0 Å². The molecule has 4 N–H and O–H groups in total. The van der Waals surface area contributed by atoms with E-state index in [1.165, 1.54) is 7.11 Å². The molecule has 0 aliphatic rings. The minimum atomic E-state index is 0.0396. The Morgan fingerprint density at radius 1 is 1.37 bits per heavy atom. The van der Waals surface area contributed by atoms with Gasteiger partial charge in [-0.05, 0) is 6.42 Å². The molecule has 2 aromatic heterocycles. The van der Waals surface area contributed by atoms with Crippen LogP contribution in [0.15, 0.2) is 11.6 Å². The number of anilines is 2. The van der Waals surface area contributed by atoms with Crippen LogP contribution in [0.5, 0.6) is 6.01 Å². The number of nitrogens with two attached hydrogens (primary N) is 1. The Labute approximate surface area is 114 Å². The lowest BCUT2D eigenvalue weighted by Crippen LogP contribution is -2.16. The van der Waals surface area contributed by atoms with Crippen LogP contribution in [0.3, 0.4) is 0 Å². The van der Waals surface area contributed by atoms with Crippen molar-refractivity contribution < 1.29 is 4.74 Å². The van der Waals surface area contributed by atoms with Gasteiger partial charge in [0.05, 0.1) is 13.2 Å². The number of ether oxygens (including phenoxy) is 1. The molecule has 0 bridgehead atoms. The van der Waals surface area contributed by atoms with Crippen molar-refractivity contribution in [2.75, 3.05) is 17.9 Å². The van der Waals surface area contributed by atoms with Gasteiger partial charge in [0.15, 0.2) is 0 Å². The SMILES string of the molecule is CCC(Nc1nc(NN)nc(OC)n1)c1nccs1. The zero-order valence-corrected chi connectivity index (χ0v) is 11.4. The molecule has 8 nitrogen and oxygen atoms in total. The largest absolute Gasteiger partial charge is 0.467 e. The molecule has 0 aliphatic carbocycles. The Bertz CT molecular complexity index is 496. The van der Waals surface area contributed by atoms with Crippen molar-refractivity contribution in [1.29, 1.82) is 0 Å². The highest BCUT2D eigenvalue weighted by atomic mass is 32.1. The van der Waals surface area contributed by atoms with Crippen molar-refractivity contribution in [3.05, 3.63) is 16.6 Å². The molecular formula is C10H15N7OS. The lowest BCUT2D eigenvalue weighted by molar-refractivity contribution is 0.379. The van der Waals surface area contributed by atoms with Gasteiger partial charge in [0.2, 0.25) is 11.9 Å². The lowest BCUT2D eigenvalue weighted by Gasteiger charge is -2.14. The van der Waals surface area contributed by atoms with E-state index in [2.05, 4.69) is 37.6 Å². The highest BCUT2D eigenvalue weighted by Crippen LogP contribution is 2.23. The molecule has 0 spiro atoms. The summed E-state index contributed by atoms with van der Waals surface area (Å²) in [5.41, 5.74) is 2.37. The van der Waals surface area contributed by atoms with Crippen LogP contribution < -0.4 is 21.3 Å². The Balaban J connectivity index is 2.21. The highest BCUT2D eigenvalue weighted by Gasteiger charge is 2.14. The number of hydrogen-bond donors (Lipinski definition) is 3. The second kappa shape index (κ2) is 6.25. The molecule has 2 aromatic rings. The van der Waals surface area contributed by atoms with Gasteiger partial charge in [0.25, 0.3) is 0 Å². The highest BCUT2D eigenvalue weighted by molar-refractivity contribution is 7.09. The van der Waals surface area contributed by atoms with Crippen LogP contribution in [0.2, 0.25) is 0 Å². The van der Waals surface area contributed by atoms with Crippen LogP contribution in [0, 0.1) is 0 Å². The third-order valence-corrected chi connectivity index (χ3v) is 3.28.